The van der Waals surface area contributed by atoms with E-state index in [2.05, 4.69) is 157 Å². The first-order valence-electron chi connectivity index (χ1n) is 17.3. The fourth-order valence-electron chi connectivity index (χ4n) is 9.06. The number of aryl methyl sites for hydroxylation is 2. The van der Waals surface area contributed by atoms with Gasteiger partial charge in [0.1, 0.15) is 0 Å². The van der Waals surface area contributed by atoms with Gasteiger partial charge in [-0.3, -0.25) is 0 Å². The van der Waals surface area contributed by atoms with E-state index in [0.717, 1.165) is 18.5 Å². The predicted molar refractivity (Wildman–Crippen MR) is 198 cm³/mol. The first-order chi connectivity index (χ1) is 23.3. The monoisotopic (exact) mass is 621 g/mol. The summed E-state index contributed by atoms with van der Waals surface area (Å²) in [5, 5.41) is 5.32. The second-order valence-corrected chi connectivity index (χ2v) is 15.2. The summed E-state index contributed by atoms with van der Waals surface area (Å²) in [6, 6.07) is 39.3. The number of allylic oxidation sites excluding steroid dienone is 1. The number of aromatic nitrogens is 3. The van der Waals surface area contributed by atoms with Gasteiger partial charge in [0.25, 0.3) is 0 Å². The second kappa shape index (κ2) is 9.64. The van der Waals surface area contributed by atoms with Crippen molar-refractivity contribution in [2.75, 3.05) is 0 Å². The van der Waals surface area contributed by atoms with E-state index in [4.69, 9.17) is 6.58 Å². The molecular weight excluding hydrogens is 583 g/mol. The summed E-state index contributed by atoms with van der Waals surface area (Å²) < 4.78 is 7.43. The highest BCUT2D eigenvalue weighted by Crippen LogP contribution is 2.47. The maximum absolute atomic E-state index is 4.88. The van der Waals surface area contributed by atoms with Crippen molar-refractivity contribution < 1.29 is 9.13 Å². The van der Waals surface area contributed by atoms with Crippen molar-refractivity contribution in [3.8, 4) is 22.5 Å². The first-order valence-corrected chi connectivity index (χ1v) is 17.3. The van der Waals surface area contributed by atoms with Crippen molar-refractivity contribution in [1.82, 2.24) is 4.40 Å². The normalized spacial score (nSPS) is 17.5. The number of hydrogen-bond acceptors (Lipinski definition) is 0. The first kappa shape index (κ1) is 27.8. The lowest BCUT2D eigenvalue weighted by atomic mass is 9.78. The van der Waals surface area contributed by atoms with Crippen LogP contribution in [0.2, 0.25) is 0 Å². The molecule has 2 atom stereocenters. The molecule has 0 saturated carbocycles. The van der Waals surface area contributed by atoms with Gasteiger partial charge in [0.2, 0.25) is 23.1 Å². The van der Waals surface area contributed by atoms with E-state index < -0.39 is 0 Å². The molecule has 2 aliphatic heterocycles. The van der Waals surface area contributed by atoms with Gasteiger partial charge in [-0.1, -0.05) is 63.2 Å². The maximum atomic E-state index is 4.88. The van der Waals surface area contributed by atoms with Crippen LogP contribution >= 0.6 is 0 Å². The zero-order chi connectivity index (χ0) is 32.5. The molecule has 0 aliphatic carbocycles. The van der Waals surface area contributed by atoms with Crippen LogP contribution in [-0.2, 0) is 11.8 Å². The number of hydrogen-bond donors (Lipinski definition) is 0. The fourth-order valence-corrected chi connectivity index (χ4v) is 9.06. The third kappa shape index (κ3) is 3.70. The molecule has 48 heavy (non-hydrogen) atoms. The lowest BCUT2D eigenvalue weighted by Crippen LogP contribution is -2.53. The Morgan fingerprint density at radius 3 is 2.35 bits per heavy atom. The second-order valence-electron chi connectivity index (χ2n) is 15.2. The van der Waals surface area contributed by atoms with E-state index in [1.54, 1.807) is 0 Å². The highest BCUT2D eigenvalue weighted by atomic mass is 15.1. The van der Waals surface area contributed by atoms with E-state index in [9.17, 15) is 0 Å². The molecule has 6 heterocycles. The maximum Gasteiger partial charge on any atom is 0.249 e. The van der Waals surface area contributed by atoms with Crippen molar-refractivity contribution in [3.63, 3.8) is 0 Å². The van der Waals surface area contributed by atoms with Gasteiger partial charge in [0, 0.05) is 50.9 Å². The largest absolute Gasteiger partial charge is 0.308 e. The fraction of sp³-hybridized carbons (Fsp3) is 0.200. The minimum atomic E-state index is 0.0960. The van der Waals surface area contributed by atoms with Crippen LogP contribution in [0.4, 0.5) is 0 Å². The topological polar surface area (TPSA) is 12.2 Å². The Hall–Kier alpha value is -5.28. The Bertz CT molecular complexity index is 2650. The van der Waals surface area contributed by atoms with Crippen molar-refractivity contribution in [2.45, 2.75) is 57.9 Å². The summed E-state index contributed by atoms with van der Waals surface area (Å²) in [5.74, 6) is 0.292. The van der Waals surface area contributed by atoms with E-state index in [-0.39, 0.29) is 11.5 Å². The Morgan fingerprint density at radius 1 is 0.729 bits per heavy atom. The highest BCUT2D eigenvalue weighted by molar-refractivity contribution is 6.23. The van der Waals surface area contributed by atoms with Crippen LogP contribution in [0, 0.1) is 6.92 Å². The molecule has 4 aromatic heterocycles. The summed E-state index contributed by atoms with van der Waals surface area (Å²) in [4.78, 5) is 0. The Kier molecular flexibility index (Phi) is 5.58. The van der Waals surface area contributed by atoms with Crippen molar-refractivity contribution in [2.24, 2.45) is 0 Å². The molecule has 232 valence electrons. The van der Waals surface area contributed by atoms with Crippen molar-refractivity contribution >= 4 is 43.8 Å². The number of nitrogens with zero attached hydrogens (tertiary/aromatic N) is 3. The molecule has 0 fully saturated rings. The summed E-state index contributed by atoms with van der Waals surface area (Å²) in [7, 11) is 0. The molecule has 0 N–H and O–H groups in total. The molecule has 0 spiro atoms. The molecule has 0 saturated heterocycles. The number of fused-ring (bicyclic) bond motifs is 15. The SMILES string of the molecule is C=C1C2C(CCc3cc4c(cc3-c3cccc[n+]31)c1cccc3c5cc(C(C)(C)C)ccc5n4c31)c1ccccc1-c1ccc(C)c[n+]12. The average molecular weight is 622 g/mol. The van der Waals surface area contributed by atoms with Gasteiger partial charge >= 0.3 is 0 Å². The van der Waals surface area contributed by atoms with E-state index in [1.165, 1.54) is 82.9 Å². The zero-order valence-corrected chi connectivity index (χ0v) is 28.1. The molecule has 3 nitrogen and oxygen atoms in total. The van der Waals surface area contributed by atoms with Gasteiger partial charge in [-0.2, -0.15) is 9.13 Å². The molecule has 3 heteroatoms. The Labute approximate surface area is 281 Å². The molecule has 0 amide bonds. The summed E-state index contributed by atoms with van der Waals surface area (Å²) in [5.41, 5.74) is 15.7. The molecule has 0 bridgehead atoms. The van der Waals surface area contributed by atoms with E-state index >= 15 is 0 Å². The van der Waals surface area contributed by atoms with Gasteiger partial charge in [-0.05, 0) is 90.9 Å². The van der Waals surface area contributed by atoms with Gasteiger partial charge in [0.15, 0.2) is 12.4 Å². The van der Waals surface area contributed by atoms with Gasteiger partial charge in [-0.25, -0.2) is 0 Å². The van der Waals surface area contributed by atoms with Gasteiger partial charge < -0.3 is 4.40 Å². The van der Waals surface area contributed by atoms with Crippen LogP contribution in [-0.4, -0.2) is 4.40 Å². The number of benzene rings is 4. The predicted octanol–water partition coefficient (Wildman–Crippen LogP) is 10.1. The standard InChI is InChI=1S/C45H39N3/c1-27-16-20-40-32-12-7-6-11-31(32)35-19-17-29-23-42-38(25-36(29)39-15-8-9-22-46(39)28(2)43(35)47(40)26-27)34-14-10-13-33-37-24-30(45(3,4)5)18-21-41(37)48(42)44(33)34/h6-16,18,20-26,35,43H,2,17,19H2,1,3-5H3/q+2. The molecular formula is C45H39N3+2. The van der Waals surface area contributed by atoms with Crippen LogP contribution in [0.1, 0.15) is 61.4 Å². The molecule has 4 aromatic carbocycles. The minimum Gasteiger partial charge on any atom is -0.308 e. The Balaban J connectivity index is 1.25. The third-order valence-corrected chi connectivity index (χ3v) is 11.4. The zero-order valence-electron chi connectivity index (χ0n) is 28.1. The molecule has 8 aromatic rings. The summed E-state index contributed by atoms with van der Waals surface area (Å²) in [6.07, 6.45) is 6.57. The minimum absolute atomic E-state index is 0.0960. The average Bonchev–Trinajstić information content (AvgIpc) is 3.61. The molecule has 10 rings (SSSR count). The van der Waals surface area contributed by atoms with E-state index in [0.29, 0.717) is 5.92 Å². The number of pyridine rings is 2. The van der Waals surface area contributed by atoms with Crippen molar-refractivity contribution in [1.29, 1.82) is 0 Å². The summed E-state index contributed by atoms with van der Waals surface area (Å²) in [6.45, 7) is 14.0. The molecule has 0 radical (unpaired) electrons. The lowest BCUT2D eigenvalue weighted by molar-refractivity contribution is -0.727. The lowest BCUT2D eigenvalue weighted by Gasteiger charge is -2.29. The third-order valence-electron chi connectivity index (χ3n) is 11.4. The van der Waals surface area contributed by atoms with Gasteiger partial charge in [-0.15, -0.1) is 0 Å². The summed E-state index contributed by atoms with van der Waals surface area (Å²) >= 11 is 0. The Morgan fingerprint density at radius 2 is 1.52 bits per heavy atom. The van der Waals surface area contributed by atoms with Crippen LogP contribution in [0.5, 0.6) is 0 Å². The smallest absolute Gasteiger partial charge is 0.249 e. The van der Waals surface area contributed by atoms with Crippen LogP contribution in [0.25, 0.3) is 66.3 Å². The van der Waals surface area contributed by atoms with Crippen LogP contribution in [0.15, 0.2) is 122 Å². The van der Waals surface area contributed by atoms with Gasteiger partial charge in [0.05, 0.1) is 28.0 Å². The highest BCUT2D eigenvalue weighted by Gasteiger charge is 2.46. The van der Waals surface area contributed by atoms with Crippen LogP contribution in [0.3, 0.4) is 0 Å². The molecule has 2 aliphatic rings. The number of para-hydroxylation sites is 1. The molecule has 2 unspecified atom stereocenters. The number of rotatable bonds is 0. The quantitative estimate of drug-likeness (QED) is 0.149. The van der Waals surface area contributed by atoms with Crippen LogP contribution < -0.4 is 9.13 Å². The van der Waals surface area contributed by atoms with Crippen molar-refractivity contribution in [3.05, 3.63) is 144 Å². The van der Waals surface area contributed by atoms with E-state index in [1.807, 2.05) is 0 Å².